The van der Waals surface area contributed by atoms with Crippen molar-refractivity contribution in [3.8, 4) is 5.75 Å². The number of rotatable bonds is 7. The van der Waals surface area contributed by atoms with Crippen LogP contribution in [0.5, 0.6) is 5.75 Å². The Balaban J connectivity index is 1.99. The molecule has 4 heteroatoms. The number of benzene rings is 2. The Hall–Kier alpha value is -2.08. The van der Waals surface area contributed by atoms with E-state index in [4.69, 9.17) is 9.47 Å². The summed E-state index contributed by atoms with van der Waals surface area (Å²) in [6, 6.07) is 13.9. The van der Waals surface area contributed by atoms with Crippen LogP contribution in [0.1, 0.15) is 16.7 Å². The molecular weight excluding hydrogens is 415 g/mol. The molecule has 0 aliphatic carbocycles. The van der Waals surface area contributed by atoms with E-state index in [-0.39, 0.29) is 12.6 Å². The molecule has 0 amide bonds. The van der Waals surface area contributed by atoms with Crippen molar-refractivity contribution in [2.24, 2.45) is 0 Å². The minimum atomic E-state index is -0.384. The number of aryl methyl sites for hydroxylation is 1. The van der Waals surface area contributed by atoms with E-state index in [1.807, 2.05) is 30.3 Å². The van der Waals surface area contributed by atoms with Gasteiger partial charge in [0.1, 0.15) is 19.0 Å². The highest BCUT2D eigenvalue weighted by atomic mass is 127. The Bertz CT molecular complexity index is 750. The van der Waals surface area contributed by atoms with Crippen molar-refractivity contribution in [1.29, 1.82) is 0 Å². The molecule has 0 unspecified atom stereocenters. The van der Waals surface area contributed by atoms with Gasteiger partial charge < -0.3 is 9.47 Å². The highest BCUT2D eigenvalue weighted by Crippen LogP contribution is 2.24. The standard InChI is InChI=1S/C20H19IO3/c1-3-12-23-20(22)11-9-16-8-10-19(18(21)13-16)24-14-17-7-5-4-6-15(17)2/h3-11,13H,1,12,14H2,2H3/b11-9+. The molecule has 3 nitrogen and oxygen atoms in total. The van der Waals surface area contributed by atoms with Gasteiger partial charge in [-0.25, -0.2) is 4.79 Å². The summed E-state index contributed by atoms with van der Waals surface area (Å²) in [5.41, 5.74) is 3.30. The van der Waals surface area contributed by atoms with Crippen molar-refractivity contribution in [2.75, 3.05) is 6.61 Å². The molecule has 0 aromatic heterocycles. The lowest BCUT2D eigenvalue weighted by molar-refractivity contribution is -0.136. The monoisotopic (exact) mass is 434 g/mol. The maximum atomic E-state index is 11.4. The summed E-state index contributed by atoms with van der Waals surface area (Å²) < 4.78 is 11.8. The van der Waals surface area contributed by atoms with Crippen molar-refractivity contribution in [2.45, 2.75) is 13.5 Å². The minimum Gasteiger partial charge on any atom is -0.488 e. The van der Waals surface area contributed by atoms with Crippen LogP contribution < -0.4 is 4.74 Å². The number of carbonyl (C=O) groups excluding carboxylic acids is 1. The van der Waals surface area contributed by atoms with Crippen LogP contribution in [0.2, 0.25) is 0 Å². The maximum Gasteiger partial charge on any atom is 0.331 e. The van der Waals surface area contributed by atoms with Gasteiger partial charge in [0.2, 0.25) is 0 Å². The fourth-order valence-corrected chi connectivity index (χ4v) is 2.71. The molecular formula is C20H19IO3. The predicted molar refractivity (Wildman–Crippen MR) is 105 cm³/mol. The average Bonchev–Trinajstić information content (AvgIpc) is 2.58. The Morgan fingerprint density at radius 2 is 2.04 bits per heavy atom. The summed E-state index contributed by atoms with van der Waals surface area (Å²) in [5, 5.41) is 0. The van der Waals surface area contributed by atoms with Crippen LogP contribution in [0.3, 0.4) is 0 Å². The van der Waals surface area contributed by atoms with E-state index in [0.717, 1.165) is 14.9 Å². The van der Waals surface area contributed by atoms with E-state index >= 15 is 0 Å². The molecule has 0 saturated heterocycles. The third-order valence-corrected chi connectivity index (χ3v) is 4.20. The first-order chi connectivity index (χ1) is 11.6. The largest absolute Gasteiger partial charge is 0.488 e. The number of carbonyl (C=O) groups is 1. The average molecular weight is 434 g/mol. The van der Waals surface area contributed by atoms with E-state index in [2.05, 4.69) is 48.2 Å². The number of hydrogen-bond acceptors (Lipinski definition) is 3. The molecule has 2 aromatic carbocycles. The van der Waals surface area contributed by atoms with Crippen LogP contribution in [-0.4, -0.2) is 12.6 Å². The van der Waals surface area contributed by atoms with Crippen molar-refractivity contribution in [3.05, 3.63) is 81.5 Å². The molecule has 0 bridgehead atoms. The number of hydrogen-bond donors (Lipinski definition) is 0. The summed E-state index contributed by atoms with van der Waals surface area (Å²) in [4.78, 5) is 11.4. The lowest BCUT2D eigenvalue weighted by atomic mass is 10.1. The van der Waals surface area contributed by atoms with Gasteiger partial charge in [-0.15, -0.1) is 0 Å². The fourth-order valence-electron chi connectivity index (χ4n) is 2.02. The molecule has 0 aliphatic rings. The molecule has 0 aliphatic heterocycles. The fraction of sp³-hybridized carbons (Fsp3) is 0.150. The summed E-state index contributed by atoms with van der Waals surface area (Å²) in [7, 11) is 0. The maximum absolute atomic E-state index is 11.4. The molecule has 0 saturated carbocycles. The molecule has 0 fully saturated rings. The van der Waals surface area contributed by atoms with Crippen molar-refractivity contribution in [1.82, 2.24) is 0 Å². The predicted octanol–water partition coefficient (Wildman–Crippen LogP) is 4.92. The van der Waals surface area contributed by atoms with Gasteiger partial charge in [0.05, 0.1) is 3.57 Å². The summed E-state index contributed by atoms with van der Waals surface area (Å²) >= 11 is 2.23. The van der Waals surface area contributed by atoms with E-state index < -0.39 is 0 Å². The van der Waals surface area contributed by atoms with Crippen LogP contribution in [0.15, 0.2) is 61.2 Å². The zero-order chi connectivity index (χ0) is 17.4. The first kappa shape index (κ1) is 18.3. The molecule has 0 radical (unpaired) electrons. The molecule has 124 valence electrons. The topological polar surface area (TPSA) is 35.5 Å². The second-order valence-electron chi connectivity index (χ2n) is 5.16. The third-order valence-electron chi connectivity index (χ3n) is 3.36. The first-order valence-electron chi connectivity index (χ1n) is 7.52. The van der Waals surface area contributed by atoms with Gasteiger partial charge >= 0.3 is 5.97 Å². The first-order valence-corrected chi connectivity index (χ1v) is 8.60. The van der Waals surface area contributed by atoms with Crippen LogP contribution in [0.4, 0.5) is 0 Å². The van der Waals surface area contributed by atoms with Gasteiger partial charge in [-0.05, 0) is 64.4 Å². The molecule has 0 heterocycles. The molecule has 2 rings (SSSR count). The van der Waals surface area contributed by atoms with Gasteiger partial charge in [-0.2, -0.15) is 0 Å². The van der Waals surface area contributed by atoms with Crippen molar-refractivity contribution >= 4 is 34.6 Å². The van der Waals surface area contributed by atoms with Gasteiger partial charge in [0.25, 0.3) is 0 Å². The van der Waals surface area contributed by atoms with E-state index in [1.165, 1.54) is 23.3 Å². The van der Waals surface area contributed by atoms with Crippen LogP contribution >= 0.6 is 22.6 Å². The number of halogens is 1. The van der Waals surface area contributed by atoms with Crippen LogP contribution in [-0.2, 0) is 16.1 Å². The van der Waals surface area contributed by atoms with E-state index in [1.54, 1.807) is 6.08 Å². The van der Waals surface area contributed by atoms with Gasteiger partial charge in [-0.1, -0.05) is 43.0 Å². The van der Waals surface area contributed by atoms with Gasteiger partial charge in [0.15, 0.2) is 0 Å². The Morgan fingerprint density at radius 3 is 2.75 bits per heavy atom. The van der Waals surface area contributed by atoms with Gasteiger partial charge in [-0.3, -0.25) is 0 Å². The Labute approximate surface area is 156 Å². The number of ether oxygens (including phenoxy) is 2. The molecule has 0 spiro atoms. The Kier molecular flexibility index (Phi) is 7.06. The number of esters is 1. The second kappa shape index (κ2) is 9.27. The molecule has 0 N–H and O–H groups in total. The highest BCUT2D eigenvalue weighted by Gasteiger charge is 2.04. The van der Waals surface area contributed by atoms with Crippen molar-refractivity contribution < 1.29 is 14.3 Å². The summed E-state index contributed by atoms with van der Waals surface area (Å²) in [5.74, 6) is 0.440. The minimum absolute atomic E-state index is 0.215. The normalized spacial score (nSPS) is 10.6. The summed E-state index contributed by atoms with van der Waals surface area (Å²) in [6.45, 7) is 6.32. The molecule has 0 atom stereocenters. The van der Waals surface area contributed by atoms with E-state index in [9.17, 15) is 4.79 Å². The second-order valence-corrected chi connectivity index (χ2v) is 6.32. The van der Waals surface area contributed by atoms with Crippen LogP contribution in [0, 0.1) is 10.5 Å². The van der Waals surface area contributed by atoms with E-state index in [0.29, 0.717) is 6.61 Å². The van der Waals surface area contributed by atoms with Crippen LogP contribution in [0.25, 0.3) is 6.08 Å². The smallest absolute Gasteiger partial charge is 0.331 e. The Morgan fingerprint density at radius 1 is 1.25 bits per heavy atom. The van der Waals surface area contributed by atoms with Crippen molar-refractivity contribution in [3.63, 3.8) is 0 Å². The zero-order valence-electron chi connectivity index (χ0n) is 13.5. The summed E-state index contributed by atoms with van der Waals surface area (Å²) in [6.07, 6.45) is 4.66. The molecule has 24 heavy (non-hydrogen) atoms. The lowest BCUT2D eigenvalue weighted by Crippen LogP contribution is -2.00. The quantitative estimate of drug-likeness (QED) is 0.269. The van der Waals surface area contributed by atoms with Gasteiger partial charge in [0, 0.05) is 6.08 Å². The lowest BCUT2D eigenvalue weighted by Gasteiger charge is -2.10. The highest BCUT2D eigenvalue weighted by molar-refractivity contribution is 14.1. The SMILES string of the molecule is C=CCOC(=O)/C=C/c1ccc(OCc2ccccc2C)c(I)c1. The molecule has 2 aromatic rings. The zero-order valence-corrected chi connectivity index (χ0v) is 15.7. The third kappa shape index (κ3) is 5.53.